The third kappa shape index (κ3) is 4.67. The van der Waals surface area contributed by atoms with Gasteiger partial charge in [-0.15, -0.1) is 0 Å². The second-order valence-electron chi connectivity index (χ2n) is 8.60. The highest BCUT2D eigenvalue weighted by Gasteiger charge is 2.38. The minimum absolute atomic E-state index is 0.0352. The van der Waals surface area contributed by atoms with E-state index < -0.39 is 5.92 Å². The van der Waals surface area contributed by atoms with E-state index in [9.17, 15) is 18.8 Å². The van der Waals surface area contributed by atoms with Gasteiger partial charge in [0.2, 0.25) is 24.5 Å². The lowest BCUT2D eigenvalue weighted by Crippen LogP contribution is -2.52. The van der Waals surface area contributed by atoms with Crippen LogP contribution in [0.25, 0.3) is 0 Å². The quantitative estimate of drug-likeness (QED) is 0.718. The average Bonchev–Trinajstić information content (AvgIpc) is 3.46. The predicted octanol–water partition coefficient (Wildman–Crippen LogP) is 1.69. The summed E-state index contributed by atoms with van der Waals surface area (Å²) in [5, 5.41) is 2.75. The van der Waals surface area contributed by atoms with Crippen molar-refractivity contribution in [1.29, 1.82) is 0 Å². The number of carbonyl (C=O) groups is 3. The second kappa shape index (κ2) is 9.30. The molecular formula is C24H25FN4O5. The van der Waals surface area contributed by atoms with Gasteiger partial charge in [-0.3, -0.25) is 19.3 Å². The van der Waals surface area contributed by atoms with Crippen LogP contribution in [-0.4, -0.2) is 73.6 Å². The van der Waals surface area contributed by atoms with Crippen molar-refractivity contribution in [2.24, 2.45) is 5.92 Å². The molecule has 2 fully saturated rings. The zero-order chi connectivity index (χ0) is 23.7. The summed E-state index contributed by atoms with van der Waals surface area (Å²) in [6, 6.07) is 10.9. The number of ether oxygens (including phenoxy) is 2. The third-order valence-electron chi connectivity index (χ3n) is 6.32. The summed E-state index contributed by atoms with van der Waals surface area (Å²) in [5.41, 5.74) is 1.24. The molecule has 2 aromatic rings. The van der Waals surface area contributed by atoms with Crippen molar-refractivity contribution in [1.82, 2.24) is 9.80 Å². The zero-order valence-electron chi connectivity index (χ0n) is 18.5. The van der Waals surface area contributed by atoms with Crippen molar-refractivity contribution in [3.8, 4) is 11.5 Å². The SMILES string of the molecule is O=C(CN1CCN(C(=O)C2CC(=O)N(c3ccc4c(c3)OCO4)C2)CC1)Nc1ccc(F)cc1. The molecule has 10 heteroatoms. The summed E-state index contributed by atoms with van der Waals surface area (Å²) in [5.74, 6) is 0.173. The second-order valence-corrected chi connectivity index (χ2v) is 8.60. The Morgan fingerprint density at radius 2 is 1.74 bits per heavy atom. The zero-order valence-corrected chi connectivity index (χ0v) is 18.5. The van der Waals surface area contributed by atoms with Crippen LogP contribution >= 0.6 is 0 Å². The molecular weight excluding hydrogens is 443 g/mol. The van der Waals surface area contributed by atoms with Gasteiger partial charge in [0, 0.05) is 56.6 Å². The van der Waals surface area contributed by atoms with Crippen LogP contribution in [0.5, 0.6) is 11.5 Å². The number of fused-ring (bicyclic) bond motifs is 1. The first-order chi connectivity index (χ1) is 16.5. The number of piperazine rings is 1. The Bertz CT molecular complexity index is 1100. The van der Waals surface area contributed by atoms with Gasteiger partial charge >= 0.3 is 0 Å². The molecule has 1 N–H and O–H groups in total. The Morgan fingerprint density at radius 1 is 1.00 bits per heavy atom. The molecule has 3 heterocycles. The number of anilines is 2. The van der Waals surface area contributed by atoms with Crippen LogP contribution in [0.15, 0.2) is 42.5 Å². The van der Waals surface area contributed by atoms with Crippen LogP contribution in [0.2, 0.25) is 0 Å². The molecule has 178 valence electrons. The standard InChI is InChI=1S/C24H25FN4O5/c25-17-1-3-18(4-2-17)26-22(30)14-27-7-9-28(10-8-27)24(32)16-11-23(31)29(13-16)19-5-6-20-21(12-19)34-15-33-20/h1-6,12,16H,7-11,13-15H2,(H,26,30). The minimum Gasteiger partial charge on any atom is -0.454 e. The van der Waals surface area contributed by atoms with E-state index in [1.54, 1.807) is 28.0 Å². The molecule has 34 heavy (non-hydrogen) atoms. The molecule has 0 radical (unpaired) electrons. The van der Waals surface area contributed by atoms with Gasteiger partial charge in [-0.05, 0) is 36.4 Å². The molecule has 9 nitrogen and oxygen atoms in total. The van der Waals surface area contributed by atoms with Gasteiger partial charge in [0.15, 0.2) is 11.5 Å². The van der Waals surface area contributed by atoms with E-state index in [1.807, 2.05) is 4.90 Å². The van der Waals surface area contributed by atoms with E-state index >= 15 is 0 Å². The molecule has 0 spiro atoms. The van der Waals surface area contributed by atoms with E-state index in [-0.39, 0.29) is 43.3 Å². The lowest BCUT2D eigenvalue weighted by Gasteiger charge is -2.35. The third-order valence-corrected chi connectivity index (χ3v) is 6.32. The van der Waals surface area contributed by atoms with E-state index in [4.69, 9.17) is 9.47 Å². The highest BCUT2D eigenvalue weighted by molar-refractivity contribution is 6.00. The van der Waals surface area contributed by atoms with Crippen LogP contribution in [0, 0.1) is 11.7 Å². The Morgan fingerprint density at radius 3 is 2.50 bits per heavy atom. The topological polar surface area (TPSA) is 91.4 Å². The Kier molecular flexibility index (Phi) is 6.06. The normalized spacial score (nSPS) is 20.0. The fourth-order valence-electron chi connectivity index (χ4n) is 4.50. The number of nitrogens with zero attached hydrogens (tertiary/aromatic N) is 3. The number of benzene rings is 2. The molecule has 0 aliphatic carbocycles. The first kappa shape index (κ1) is 22.1. The lowest BCUT2D eigenvalue weighted by molar-refractivity contribution is -0.137. The number of rotatable bonds is 5. The summed E-state index contributed by atoms with van der Waals surface area (Å²) in [6.07, 6.45) is 0.174. The average molecular weight is 468 g/mol. The first-order valence-electron chi connectivity index (χ1n) is 11.2. The molecule has 2 saturated heterocycles. The lowest BCUT2D eigenvalue weighted by atomic mass is 10.1. The van der Waals surface area contributed by atoms with Gasteiger partial charge in [-0.1, -0.05) is 0 Å². The maximum Gasteiger partial charge on any atom is 0.238 e. The maximum atomic E-state index is 13.1. The highest BCUT2D eigenvalue weighted by Crippen LogP contribution is 2.37. The molecule has 0 bridgehead atoms. The first-order valence-corrected chi connectivity index (χ1v) is 11.2. The van der Waals surface area contributed by atoms with E-state index in [1.165, 1.54) is 24.3 Å². The number of amides is 3. The molecule has 1 unspecified atom stereocenters. The van der Waals surface area contributed by atoms with Crippen molar-refractivity contribution < 1.29 is 28.2 Å². The molecule has 0 saturated carbocycles. The summed E-state index contributed by atoms with van der Waals surface area (Å²) >= 11 is 0. The fourth-order valence-corrected chi connectivity index (χ4v) is 4.50. The van der Waals surface area contributed by atoms with Crippen molar-refractivity contribution >= 4 is 29.1 Å². The van der Waals surface area contributed by atoms with E-state index in [0.717, 1.165) is 0 Å². The van der Waals surface area contributed by atoms with Gasteiger partial charge in [0.05, 0.1) is 12.5 Å². The molecule has 3 aliphatic heterocycles. The van der Waals surface area contributed by atoms with Crippen molar-refractivity contribution in [3.05, 3.63) is 48.3 Å². The van der Waals surface area contributed by atoms with Crippen molar-refractivity contribution in [2.75, 3.05) is 56.3 Å². The number of halogens is 1. The van der Waals surface area contributed by atoms with Crippen LogP contribution in [-0.2, 0) is 14.4 Å². The van der Waals surface area contributed by atoms with Crippen molar-refractivity contribution in [2.45, 2.75) is 6.42 Å². The van der Waals surface area contributed by atoms with Gasteiger partial charge in [0.25, 0.3) is 0 Å². The number of carbonyl (C=O) groups excluding carboxylic acids is 3. The maximum absolute atomic E-state index is 13.1. The molecule has 1 atom stereocenters. The highest BCUT2D eigenvalue weighted by atomic mass is 19.1. The summed E-state index contributed by atoms with van der Waals surface area (Å²) in [7, 11) is 0. The van der Waals surface area contributed by atoms with Crippen LogP contribution in [0.3, 0.4) is 0 Å². The van der Waals surface area contributed by atoms with Gasteiger partial charge in [-0.25, -0.2) is 4.39 Å². The van der Waals surface area contributed by atoms with E-state index in [0.29, 0.717) is 55.6 Å². The number of hydrogen-bond acceptors (Lipinski definition) is 6. The summed E-state index contributed by atoms with van der Waals surface area (Å²) in [4.78, 5) is 43.4. The molecule has 3 aliphatic rings. The molecule has 3 amide bonds. The smallest absolute Gasteiger partial charge is 0.238 e. The summed E-state index contributed by atoms with van der Waals surface area (Å²) < 4.78 is 23.7. The molecule has 5 rings (SSSR count). The van der Waals surface area contributed by atoms with Crippen LogP contribution in [0.4, 0.5) is 15.8 Å². The minimum atomic E-state index is -0.397. The number of hydrogen-bond donors (Lipinski definition) is 1. The predicted molar refractivity (Wildman–Crippen MR) is 121 cm³/mol. The fraction of sp³-hybridized carbons (Fsp3) is 0.375. The van der Waals surface area contributed by atoms with Gasteiger partial charge in [-0.2, -0.15) is 0 Å². The summed E-state index contributed by atoms with van der Waals surface area (Å²) in [6.45, 7) is 2.81. The Hall–Kier alpha value is -3.66. The molecule has 2 aromatic carbocycles. The van der Waals surface area contributed by atoms with Gasteiger partial charge < -0.3 is 24.6 Å². The Labute approximate surface area is 196 Å². The van der Waals surface area contributed by atoms with Gasteiger partial charge in [0.1, 0.15) is 5.82 Å². The van der Waals surface area contributed by atoms with E-state index in [2.05, 4.69) is 5.32 Å². The van der Waals surface area contributed by atoms with Crippen LogP contribution in [0.1, 0.15) is 6.42 Å². The largest absolute Gasteiger partial charge is 0.454 e. The Balaban J connectivity index is 1.11. The van der Waals surface area contributed by atoms with Crippen LogP contribution < -0.4 is 19.7 Å². The number of nitrogens with one attached hydrogen (secondary N) is 1. The van der Waals surface area contributed by atoms with Crippen molar-refractivity contribution in [3.63, 3.8) is 0 Å². The monoisotopic (exact) mass is 468 g/mol. The molecule has 0 aromatic heterocycles.